The van der Waals surface area contributed by atoms with E-state index in [1.807, 2.05) is 0 Å². The van der Waals surface area contributed by atoms with E-state index < -0.39 is 65.7 Å². The number of amides is 6. The third-order valence-electron chi connectivity index (χ3n) is 7.51. The minimum atomic E-state index is -1.25. The lowest BCUT2D eigenvalue weighted by molar-refractivity contribution is -0.142. The molecule has 1 fully saturated rings. The maximum absolute atomic E-state index is 13.5. The van der Waals surface area contributed by atoms with Gasteiger partial charge in [-0.1, -0.05) is 58.0 Å². The van der Waals surface area contributed by atoms with Crippen LogP contribution >= 0.6 is 0 Å². The van der Waals surface area contributed by atoms with Crippen LogP contribution in [0.2, 0.25) is 0 Å². The molecule has 0 spiro atoms. The number of carboxylic acid groups (broad SMARTS) is 1. The topological polar surface area (TPSA) is 212 Å². The first-order valence-electron chi connectivity index (χ1n) is 15.3. The van der Waals surface area contributed by atoms with Crippen molar-refractivity contribution in [3.8, 4) is 0 Å². The highest BCUT2D eigenvalue weighted by atomic mass is 16.4. The zero-order valence-corrected chi connectivity index (χ0v) is 26.3. The number of carbonyl (C=O) groups excluding carboxylic acids is 6. The number of rotatable bonds is 11. The van der Waals surface area contributed by atoms with E-state index in [0.717, 1.165) is 0 Å². The van der Waals surface area contributed by atoms with Crippen LogP contribution < -0.4 is 31.9 Å². The van der Waals surface area contributed by atoms with Crippen molar-refractivity contribution in [1.82, 2.24) is 31.9 Å². The van der Waals surface area contributed by atoms with Gasteiger partial charge in [0.05, 0.1) is 0 Å². The van der Waals surface area contributed by atoms with Crippen LogP contribution in [0.3, 0.4) is 0 Å². The molecule has 2 rings (SSSR count). The third kappa shape index (κ3) is 12.2. The van der Waals surface area contributed by atoms with Crippen LogP contribution in [0.5, 0.6) is 0 Å². The molecular formula is C31H46N6O8. The number of hydrogen-bond donors (Lipinski definition) is 7. The highest BCUT2D eigenvalue weighted by Gasteiger charge is 2.34. The van der Waals surface area contributed by atoms with E-state index in [1.54, 1.807) is 58.0 Å². The molecule has 0 aliphatic carbocycles. The van der Waals surface area contributed by atoms with Crippen LogP contribution in [-0.2, 0) is 40.0 Å². The van der Waals surface area contributed by atoms with Crippen molar-refractivity contribution in [2.75, 3.05) is 6.54 Å². The Bertz CT molecular complexity index is 1190. The van der Waals surface area contributed by atoms with E-state index in [4.69, 9.17) is 0 Å². The Morgan fingerprint density at radius 3 is 2.27 bits per heavy atom. The summed E-state index contributed by atoms with van der Waals surface area (Å²) in [5.41, 5.74) is 0.706. The fourth-order valence-electron chi connectivity index (χ4n) is 4.88. The summed E-state index contributed by atoms with van der Waals surface area (Å²) in [5.74, 6) is -5.02. The molecule has 14 nitrogen and oxygen atoms in total. The molecule has 0 saturated carbocycles. The molecule has 3 unspecified atom stereocenters. The van der Waals surface area contributed by atoms with Gasteiger partial charge in [-0.05, 0) is 43.1 Å². The minimum Gasteiger partial charge on any atom is -0.480 e. The van der Waals surface area contributed by atoms with Crippen molar-refractivity contribution >= 4 is 41.9 Å². The second kappa shape index (κ2) is 18.3. The lowest BCUT2D eigenvalue weighted by atomic mass is 10.00. The summed E-state index contributed by atoms with van der Waals surface area (Å²) in [6.07, 6.45) is 1.32. The smallest absolute Gasteiger partial charge is 0.326 e. The quantitative estimate of drug-likeness (QED) is 0.162. The van der Waals surface area contributed by atoms with Crippen molar-refractivity contribution < 1.29 is 38.7 Å². The number of carbonyl (C=O) groups is 7. The fourth-order valence-corrected chi connectivity index (χ4v) is 4.88. The molecule has 14 heteroatoms. The first-order chi connectivity index (χ1) is 21.3. The Morgan fingerprint density at radius 1 is 0.978 bits per heavy atom. The number of aliphatic carboxylic acids is 1. The average molecular weight is 631 g/mol. The zero-order valence-electron chi connectivity index (χ0n) is 26.3. The van der Waals surface area contributed by atoms with Gasteiger partial charge < -0.3 is 37.0 Å². The molecule has 1 saturated heterocycles. The predicted molar refractivity (Wildman–Crippen MR) is 164 cm³/mol. The highest BCUT2D eigenvalue weighted by Crippen LogP contribution is 2.11. The fraction of sp³-hybridized carbons (Fsp3) is 0.581. The summed E-state index contributed by atoms with van der Waals surface area (Å²) in [5, 5.41) is 25.4. The van der Waals surface area contributed by atoms with Gasteiger partial charge in [0, 0.05) is 19.4 Å². The minimum absolute atomic E-state index is 0.0342. The van der Waals surface area contributed by atoms with Crippen LogP contribution in [0.1, 0.15) is 65.4 Å². The zero-order chi connectivity index (χ0) is 33.5. The van der Waals surface area contributed by atoms with Crippen molar-refractivity contribution in [3.63, 3.8) is 0 Å². The van der Waals surface area contributed by atoms with Gasteiger partial charge in [0.2, 0.25) is 35.9 Å². The van der Waals surface area contributed by atoms with Crippen molar-refractivity contribution in [2.45, 2.75) is 96.4 Å². The number of benzene rings is 1. The van der Waals surface area contributed by atoms with Crippen LogP contribution in [0.4, 0.5) is 0 Å². The Balaban J connectivity index is 2.29. The van der Waals surface area contributed by atoms with Crippen LogP contribution in [-0.4, -0.2) is 83.8 Å². The predicted octanol–water partition coefficient (Wildman–Crippen LogP) is -0.240. The van der Waals surface area contributed by atoms with Gasteiger partial charge in [0.15, 0.2) is 0 Å². The van der Waals surface area contributed by atoms with Gasteiger partial charge in [-0.25, -0.2) is 4.79 Å². The van der Waals surface area contributed by atoms with Gasteiger partial charge in [-0.3, -0.25) is 28.8 Å². The molecule has 6 amide bonds. The number of carboxylic acids is 1. The Morgan fingerprint density at radius 2 is 1.67 bits per heavy atom. The third-order valence-corrected chi connectivity index (χ3v) is 7.51. The monoisotopic (exact) mass is 630 g/mol. The maximum Gasteiger partial charge on any atom is 0.326 e. The van der Waals surface area contributed by atoms with Crippen LogP contribution in [0.25, 0.3) is 0 Å². The van der Waals surface area contributed by atoms with E-state index in [9.17, 15) is 38.7 Å². The lowest BCUT2D eigenvalue weighted by Gasteiger charge is -2.28. The average Bonchev–Trinajstić information content (AvgIpc) is 2.99. The summed E-state index contributed by atoms with van der Waals surface area (Å²) in [4.78, 5) is 88.8. The van der Waals surface area contributed by atoms with E-state index in [2.05, 4.69) is 31.9 Å². The molecule has 0 bridgehead atoms. The highest BCUT2D eigenvalue weighted by molar-refractivity contribution is 5.96. The van der Waals surface area contributed by atoms with Gasteiger partial charge in [0.25, 0.3) is 0 Å². The Labute approximate surface area is 263 Å². The Hall–Kier alpha value is -4.49. The van der Waals surface area contributed by atoms with Crippen molar-refractivity contribution in [1.29, 1.82) is 0 Å². The maximum atomic E-state index is 13.5. The summed E-state index contributed by atoms with van der Waals surface area (Å²) < 4.78 is 0. The molecule has 0 radical (unpaired) electrons. The first-order valence-corrected chi connectivity index (χ1v) is 15.3. The number of nitrogens with one attached hydrogen (secondary N) is 6. The van der Waals surface area contributed by atoms with Gasteiger partial charge in [-0.15, -0.1) is 0 Å². The first kappa shape index (κ1) is 36.7. The Kier molecular flexibility index (Phi) is 15.0. The molecule has 1 aromatic rings. The van der Waals surface area contributed by atoms with E-state index in [0.29, 0.717) is 24.8 Å². The summed E-state index contributed by atoms with van der Waals surface area (Å²) >= 11 is 0. The van der Waals surface area contributed by atoms with Gasteiger partial charge >= 0.3 is 5.97 Å². The normalized spacial score (nSPS) is 21.6. The molecule has 5 atom stereocenters. The van der Waals surface area contributed by atoms with Crippen LogP contribution in [0, 0.1) is 11.8 Å². The summed E-state index contributed by atoms with van der Waals surface area (Å²) in [6.45, 7) is 7.09. The standard InChI is InChI=1S/C31H46N6O8/c1-18(2)25(33-17-38)29(42)35-22-13-14-24(39)32-15-9-8-12-21(34-30(43)26(19(3)4)37-28(22)41)27(40)36-23(31(44)45)16-20-10-6-5-7-11-20/h5-7,10-11,17-19,21-23,25-26H,8-9,12-16H2,1-4H3,(H,32,39)(H,33,38)(H,34,43)(H,35,42)(H,36,40)(H,37,41)(H,44,45)/t21?,22?,23-,25-,26?/m0/s1. The summed E-state index contributed by atoms with van der Waals surface area (Å²) in [6, 6.07) is 3.18. The second-order valence-electron chi connectivity index (χ2n) is 11.8. The van der Waals surface area contributed by atoms with E-state index >= 15 is 0 Å². The second-order valence-corrected chi connectivity index (χ2v) is 11.8. The van der Waals surface area contributed by atoms with Gasteiger partial charge in [-0.2, -0.15) is 0 Å². The molecular weight excluding hydrogens is 584 g/mol. The van der Waals surface area contributed by atoms with Crippen molar-refractivity contribution in [2.24, 2.45) is 11.8 Å². The van der Waals surface area contributed by atoms with E-state index in [1.165, 1.54) is 0 Å². The SMILES string of the molecule is CC(C)C1NC(=O)C(NC(=O)[C@@H](NC=O)C(C)C)CCC(=O)NCCCCC(C(=O)N[C@@H](Cc2ccccc2)C(=O)O)NC1=O. The largest absolute Gasteiger partial charge is 0.480 e. The molecule has 1 aliphatic rings. The molecule has 0 aromatic heterocycles. The molecule has 1 aliphatic heterocycles. The molecule has 1 heterocycles. The van der Waals surface area contributed by atoms with Gasteiger partial charge in [0.1, 0.15) is 30.2 Å². The molecule has 7 N–H and O–H groups in total. The van der Waals surface area contributed by atoms with Crippen molar-refractivity contribution in [3.05, 3.63) is 35.9 Å². The molecule has 1 aromatic carbocycles. The van der Waals surface area contributed by atoms with E-state index in [-0.39, 0.29) is 44.1 Å². The molecule has 248 valence electrons. The summed E-state index contributed by atoms with van der Waals surface area (Å²) in [7, 11) is 0. The lowest BCUT2D eigenvalue weighted by Crippen LogP contribution is -2.60. The number of hydrogen-bond acceptors (Lipinski definition) is 7. The molecule has 45 heavy (non-hydrogen) atoms. The van der Waals surface area contributed by atoms with Crippen LogP contribution in [0.15, 0.2) is 30.3 Å².